The van der Waals surface area contributed by atoms with Crippen LogP contribution in [0.1, 0.15) is 16.7 Å². The van der Waals surface area contributed by atoms with Gasteiger partial charge >= 0.3 is 0 Å². The van der Waals surface area contributed by atoms with Crippen LogP contribution >= 0.6 is 47.8 Å². The third kappa shape index (κ3) is 2.70. The van der Waals surface area contributed by atoms with E-state index in [1.807, 2.05) is 26.0 Å². The van der Waals surface area contributed by atoms with Crippen LogP contribution in [0.5, 0.6) is 5.75 Å². The zero-order chi connectivity index (χ0) is 10.2. The summed E-state index contributed by atoms with van der Waals surface area (Å²) in [5.74, 6) is 0.302. The third-order valence-corrected chi connectivity index (χ3v) is 3.03. The van der Waals surface area contributed by atoms with Gasteiger partial charge < -0.3 is 5.11 Å². The summed E-state index contributed by atoms with van der Waals surface area (Å²) in [6, 6.07) is 3.86. The predicted molar refractivity (Wildman–Crippen MR) is 66.0 cm³/mol. The number of phenols is 1. The predicted octanol–water partition coefficient (Wildman–Crippen LogP) is 4.30. The first-order valence-electron chi connectivity index (χ1n) is 3.70. The molecule has 0 unspecified atom stereocenters. The van der Waals surface area contributed by atoms with E-state index in [1.54, 1.807) is 0 Å². The molecule has 0 bridgehead atoms. The Morgan fingerprint density at radius 2 is 1.69 bits per heavy atom. The van der Waals surface area contributed by atoms with Crippen molar-refractivity contribution in [3.63, 3.8) is 0 Å². The minimum atomic E-state index is -0.548. The van der Waals surface area contributed by atoms with Gasteiger partial charge in [0, 0.05) is 5.56 Å². The van der Waals surface area contributed by atoms with Crippen LogP contribution in [0.15, 0.2) is 12.1 Å². The van der Waals surface area contributed by atoms with E-state index in [2.05, 4.69) is 47.8 Å². The molecule has 13 heavy (non-hydrogen) atoms. The molecule has 0 fully saturated rings. The molecule has 0 saturated carbocycles. The van der Waals surface area contributed by atoms with Crippen LogP contribution in [0, 0.1) is 13.8 Å². The number of rotatable bonds is 0. The van der Waals surface area contributed by atoms with Crippen molar-refractivity contribution < 1.29 is 5.11 Å². The molecule has 1 aromatic carbocycles. The summed E-state index contributed by atoms with van der Waals surface area (Å²) in [7, 11) is 0. The van der Waals surface area contributed by atoms with Crippen molar-refractivity contribution in [3.8, 4) is 5.75 Å². The van der Waals surface area contributed by atoms with E-state index >= 15 is 0 Å². The van der Waals surface area contributed by atoms with Gasteiger partial charge in [0.05, 0.1) is 0 Å². The number of benzene rings is 1. The van der Waals surface area contributed by atoms with E-state index in [0.717, 1.165) is 16.7 Å². The molecular formula is C9H9Br3O. The highest BCUT2D eigenvalue weighted by molar-refractivity contribution is 9.38. The lowest BCUT2D eigenvalue weighted by molar-refractivity contribution is 0.465. The maximum absolute atomic E-state index is 9.77. The standard InChI is InChI=1S/C9H9Br3O/c1-5-3-6(2)8(13)7(4-5)9(10,11)12/h3-4,13H,1-2H3. The normalized spacial score (nSPS) is 11.8. The molecule has 1 nitrogen and oxygen atoms in total. The zero-order valence-electron chi connectivity index (χ0n) is 7.24. The fourth-order valence-corrected chi connectivity index (χ4v) is 2.08. The van der Waals surface area contributed by atoms with Crippen LogP contribution in [0.3, 0.4) is 0 Å². The summed E-state index contributed by atoms with van der Waals surface area (Å²) < 4.78 is -0.548. The van der Waals surface area contributed by atoms with Crippen LogP contribution in [-0.4, -0.2) is 5.11 Å². The molecule has 1 N–H and O–H groups in total. The molecule has 0 aromatic heterocycles. The van der Waals surface area contributed by atoms with Crippen molar-refractivity contribution in [2.75, 3.05) is 0 Å². The molecule has 0 heterocycles. The summed E-state index contributed by atoms with van der Waals surface area (Å²) in [6.07, 6.45) is 0. The quantitative estimate of drug-likeness (QED) is 0.673. The number of alkyl halides is 3. The van der Waals surface area contributed by atoms with Gasteiger partial charge in [-0.25, -0.2) is 0 Å². The SMILES string of the molecule is Cc1cc(C)c(O)c(C(Br)(Br)Br)c1. The van der Waals surface area contributed by atoms with Gasteiger partial charge in [0.15, 0.2) is 2.14 Å². The largest absolute Gasteiger partial charge is 0.507 e. The first kappa shape index (κ1) is 11.5. The number of halogens is 3. The van der Waals surface area contributed by atoms with Crippen molar-refractivity contribution in [1.29, 1.82) is 0 Å². The number of hydrogen-bond acceptors (Lipinski definition) is 1. The summed E-state index contributed by atoms with van der Waals surface area (Å²) in [4.78, 5) is 0. The maximum Gasteiger partial charge on any atom is 0.163 e. The summed E-state index contributed by atoms with van der Waals surface area (Å²) in [5, 5.41) is 9.77. The Labute approximate surface area is 103 Å². The summed E-state index contributed by atoms with van der Waals surface area (Å²) in [6.45, 7) is 3.87. The number of phenolic OH excluding ortho intramolecular Hbond substituents is 1. The van der Waals surface area contributed by atoms with Crippen LogP contribution in [0.2, 0.25) is 0 Å². The van der Waals surface area contributed by atoms with Gasteiger partial charge in [-0.2, -0.15) is 0 Å². The Kier molecular flexibility index (Phi) is 3.47. The third-order valence-electron chi connectivity index (χ3n) is 1.75. The molecule has 0 aliphatic carbocycles. The topological polar surface area (TPSA) is 20.2 Å². The lowest BCUT2D eigenvalue weighted by Gasteiger charge is -2.16. The Bertz CT molecular complexity index is 328. The van der Waals surface area contributed by atoms with Gasteiger partial charge in [-0.1, -0.05) is 59.4 Å². The van der Waals surface area contributed by atoms with E-state index in [0.29, 0.717) is 5.75 Å². The molecule has 0 atom stereocenters. The zero-order valence-corrected chi connectivity index (χ0v) is 12.0. The van der Waals surface area contributed by atoms with E-state index in [9.17, 15) is 5.11 Å². The van der Waals surface area contributed by atoms with Gasteiger partial charge in [0.1, 0.15) is 5.75 Å². The lowest BCUT2D eigenvalue weighted by Crippen LogP contribution is -2.00. The van der Waals surface area contributed by atoms with Gasteiger partial charge in [-0.3, -0.25) is 0 Å². The highest BCUT2D eigenvalue weighted by atomic mass is 80.0. The van der Waals surface area contributed by atoms with Crippen molar-refractivity contribution in [3.05, 3.63) is 28.8 Å². The molecule has 72 valence electrons. The molecule has 1 rings (SSSR count). The van der Waals surface area contributed by atoms with Gasteiger partial charge in [-0.05, 0) is 25.5 Å². The average Bonchev–Trinajstić information content (AvgIpc) is 1.94. The Hall–Kier alpha value is 0.460. The van der Waals surface area contributed by atoms with Gasteiger partial charge in [0.25, 0.3) is 0 Å². The van der Waals surface area contributed by atoms with Crippen molar-refractivity contribution >= 4 is 47.8 Å². The van der Waals surface area contributed by atoms with Crippen molar-refractivity contribution in [2.24, 2.45) is 0 Å². The molecule has 0 saturated heterocycles. The molecule has 0 aliphatic heterocycles. The van der Waals surface area contributed by atoms with Gasteiger partial charge in [-0.15, -0.1) is 0 Å². The number of aromatic hydroxyl groups is 1. The average molecular weight is 373 g/mol. The van der Waals surface area contributed by atoms with Crippen LogP contribution < -0.4 is 0 Å². The van der Waals surface area contributed by atoms with Gasteiger partial charge in [0.2, 0.25) is 0 Å². The molecule has 0 aliphatic rings. The first-order valence-corrected chi connectivity index (χ1v) is 6.07. The highest BCUT2D eigenvalue weighted by Crippen LogP contribution is 2.48. The second kappa shape index (κ2) is 3.91. The van der Waals surface area contributed by atoms with E-state index in [-0.39, 0.29) is 0 Å². The number of aryl methyl sites for hydroxylation is 2. The van der Waals surface area contributed by atoms with Crippen molar-refractivity contribution in [2.45, 2.75) is 16.0 Å². The van der Waals surface area contributed by atoms with E-state index < -0.39 is 2.14 Å². The molecular weight excluding hydrogens is 364 g/mol. The first-order chi connectivity index (χ1) is 5.82. The lowest BCUT2D eigenvalue weighted by atomic mass is 10.1. The monoisotopic (exact) mass is 370 g/mol. The molecule has 0 amide bonds. The fourth-order valence-electron chi connectivity index (χ4n) is 1.18. The molecule has 4 heteroatoms. The molecule has 0 radical (unpaired) electrons. The Morgan fingerprint density at radius 3 is 2.15 bits per heavy atom. The number of hydrogen-bond donors (Lipinski definition) is 1. The Balaban J connectivity index is 3.37. The summed E-state index contributed by atoms with van der Waals surface area (Å²) >= 11 is 10.1. The minimum absolute atomic E-state index is 0.302. The smallest absolute Gasteiger partial charge is 0.163 e. The highest BCUT2D eigenvalue weighted by Gasteiger charge is 2.25. The Morgan fingerprint density at radius 1 is 1.15 bits per heavy atom. The van der Waals surface area contributed by atoms with E-state index in [1.165, 1.54) is 0 Å². The molecule has 1 aromatic rings. The summed E-state index contributed by atoms with van der Waals surface area (Å²) in [5.41, 5.74) is 2.77. The second-order valence-electron chi connectivity index (χ2n) is 2.98. The van der Waals surface area contributed by atoms with E-state index in [4.69, 9.17) is 0 Å². The second-order valence-corrected chi connectivity index (χ2v) is 9.74. The van der Waals surface area contributed by atoms with Crippen molar-refractivity contribution in [1.82, 2.24) is 0 Å². The fraction of sp³-hybridized carbons (Fsp3) is 0.333. The minimum Gasteiger partial charge on any atom is -0.507 e. The van der Waals surface area contributed by atoms with Crippen LogP contribution in [0.4, 0.5) is 0 Å². The maximum atomic E-state index is 9.77. The van der Waals surface area contributed by atoms with Crippen LogP contribution in [0.25, 0.3) is 0 Å². The molecule has 0 spiro atoms. The van der Waals surface area contributed by atoms with Crippen LogP contribution in [-0.2, 0) is 2.14 Å².